The minimum absolute atomic E-state index is 0. The van der Waals surface area contributed by atoms with Gasteiger partial charge >= 0.3 is 0 Å². The molecule has 0 spiro atoms. The average Bonchev–Trinajstić information content (AvgIpc) is 3.05. The Labute approximate surface area is 135 Å². The van der Waals surface area contributed by atoms with Gasteiger partial charge in [0, 0.05) is 24.3 Å². The zero-order valence-electron chi connectivity index (χ0n) is 12.0. The van der Waals surface area contributed by atoms with Crippen molar-refractivity contribution in [2.45, 2.75) is 18.9 Å². The van der Waals surface area contributed by atoms with E-state index >= 15 is 0 Å². The lowest BCUT2D eigenvalue weighted by Gasteiger charge is -2.14. The average molecular weight is 328 g/mol. The van der Waals surface area contributed by atoms with Crippen molar-refractivity contribution in [1.82, 2.24) is 4.90 Å². The number of hydrogen-bond acceptors (Lipinski definition) is 4. The molecular formula is C16H22ClNO2S. The number of aliphatic hydroxyl groups excluding tert-OH is 1. The molecule has 2 aromatic rings. The second kappa shape index (κ2) is 8.11. The number of benzene rings is 1. The Morgan fingerprint density at radius 3 is 2.95 bits per heavy atom. The van der Waals surface area contributed by atoms with Crippen LogP contribution in [0, 0.1) is 0 Å². The first kappa shape index (κ1) is 16.7. The van der Waals surface area contributed by atoms with E-state index < -0.39 is 0 Å². The molecule has 0 radical (unpaired) electrons. The molecule has 0 saturated carbocycles. The highest BCUT2D eigenvalue weighted by Crippen LogP contribution is 2.25. The molecular weight excluding hydrogens is 306 g/mol. The number of thiophene rings is 1. The zero-order chi connectivity index (χ0) is 13.8. The Balaban J connectivity index is 0.00000161. The van der Waals surface area contributed by atoms with E-state index in [1.165, 1.54) is 15.6 Å². The van der Waals surface area contributed by atoms with Gasteiger partial charge in [-0.15, -0.1) is 23.7 Å². The van der Waals surface area contributed by atoms with E-state index in [2.05, 4.69) is 34.5 Å². The minimum atomic E-state index is -0.132. The second-order valence-electron chi connectivity index (χ2n) is 5.36. The highest BCUT2D eigenvalue weighted by molar-refractivity contribution is 7.17. The van der Waals surface area contributed by atoms with Gasteiger partial charge in [-0.1, -0.05) is 18.2 Å². The molecule has 0 unspecified atom stereocenters. The molecule has 1 aliphatic heterocycles. The van der Waals surface area contributed by atoms with Crippen LogP contribution in [0.4, 0.5) is 0 Å². The summed E-state index contributed by atoms with van der Waals surface area (Å²) in [7, 11) is 0. The van der Waals surface area contributed by atoms with Gasteiger partial charge in [0.2, 0.25) is 0 Å². The highest BCUT2D eigenvalue weighted by Gasteiger charge is 2.19. The van der Waals surface area contributed by atoms with E-state index in [4.69, 9.17) is 4.74 Å². The van der Waals surface area contributed by atoms with Crippen LogP contribution in [-0.4, -0.2) is 49.0 Å². The topological polar surface area (TPSA) is 32.7 Å². The Morgan fingerprint density at radius 1 is 1.29 bits per heavy atom. The monoisotopic (exact) mass is 327 g/mol. The predicted octanol–water partition coefficient (Wildman–Crippen LogP) is 2.95. The molecule has 1 fully saturated rings. The summed E-state index contributed by atoms with van der Waals surface area (Å²) in [6.07, 6.45) is 1.75. The van der Waals surface area contributed by atoms with Gasteiger partial charge < -0.3 is 9.84 Å². The van der Waals surface area contributed by atoms with Gasteiger partial charge in [-0.2, -0.15) is 0 Å². The third-order valence-electron chi connectivity index (χ3n) is 3.88. The Bertz CT molecular complexity index is 560. The van der Waals surface area contributed by atoms with Crippen LogP contribution in [-0.2, 0) is 11.2 Å². The molecule has 21 heavy (non-hydrogen) atoms. The fourth-order valence-corrected chi connectivity index (χ4v) is 3.72. The first-order valence-electron chi connectivity index (χ1n) is 7.26. The first-order valence-corrected chi connectivity index (χ1v) is 8.14. The maximum absolute atomic E-state index is 9.45. The summed E-state index contributed by atoms with van der Waals surface area (Å²) in [6, 6.07) is 8.54. The van der Waals surface area contributed by atoms with Crippen molar-refractivity contribution in [3.05, 3.63) is 35.2 Å². The number of hydrogen-bond donors (Lipinski definition) is 1. The molecule has 1 atom stereocenters. The number of halogens is 1. The van der Waals surface area contributed by atoms with Gasteiger partial charge in [-0.25, -0.2) is 0 Å². The summed E-state index contributed by atoms with van der Waals surface area (Å²) in [5.74, 6) is 0. The van der Waals surface area contributed by atoms with Crippen molar-refractivity contribution in [3.63, 3.8) is 0 Å². The van der Waals surface area contributed by atoms with E-state index in [1.807, 2.05) is 0 Å². The van der Waals surface area contributed by atoms with Crippen LogP contribution in [0.5, 0.6) is 0 Å². The molecule has 1 N–H and O–H groups in total. The molecule has 2 heterocycles. The standard InChI is InChI=1S/C16H21NO2S.ClH/c18-14-5-7-17(11-14)8-10-19-9-6-13-12-20-16-4-2-1-3-15(13)16;/h1-4,12,14,18H,5-11H2;1H/t14-;/m1./s1. The predicted molar refractivity (Wildman–Crippen MR) is 90.7 cm³/mol. The summed E-state index contributed by atoms with van der Waals surface area (Å²) in [5.41, 5.74) is 1.39. The molecule has 0 aliphatic carbocycles. The number of nitrogens with zero attached hydrogens (tertiary/aromatic N) is 1. The van der Waals surface area contributed by atoms with Crippen LogP contribution in [0.2, 0.25) is 0 Å². The number of aliphatic hydroxyl groups is 1. The zero-order valence-corrected chi connectivity index (χ0v) is 13.7. The Hall–Kier alpha value is -0.650. The number of β-amino-alcohol motifs (C(OH)–C–C–N with tert-alkyl or cyclic N) is 1. The fourth-order valence-electron chi connectivity index (χ4n) is 2.72. The van der Waals surface area contributed by atoms with Crippen molar-refractivity contribution < 1.29 is 9.84 Å². The minimum Gasteiger partial charge on any atom is -0.392 e. The van der Waals surface area contributed by atoms with Crippen molar-refractivity contribution >= 4 is 33.8 Å². The fraction of sp³-hybridized carbons (Fsp3) is 0.500. The number of likely N-dealkylation sites (tertiary alicyclic amines) is 1. The molecule has 1 aliphatic rings. The van der Waals surface area contributed by atoms with Crippen LogP contribution in [0.15, 0.2) is 29.6 Å². The van der Waals surface area contributed by atoms with Gasteiger partial charge in [-0.05, 0) is 35.2 Å². The Morgan fingerprint density at radius 2 is 2.14 bits per heavy atom. The van der Waals surface area contributed by atoms with Crippen LogP contribution >= 0.6 is 23.7 Å². The molecule has 0 bridgehead atoms. The summed E-state index contributed by atoms with van der Waals surface area (Å²) in [6.45, 7) is 4.27. The second-order valence-corrected chi connectivity index (χ2v) is 6.27. The van der Waals surface area contributed by atoms with E-state index in [1.54, 1.807) is 11.3 Å². The number of fused-ring (bicyclic) bond motifs is 1. The normalized spacial score (nSPS) is 19.0. The van der Waals surface area contributed by atoms with Crippen LogP contribution in [0.1, 0.15) is 12.0 Å². The molecule has 1 aromatic heterocycles. The lowest BCUT2D eigenvalue weighted by molar-refractivity contribution is 0.107. The maximum Gasteiger partial charge on any atom is 0.0679 e. The van der Waals surface area contributed by atoms with E-state index in [9.17, 15) is 5.11 Å². The number of ether oxygens (including phenoxy) is 1. The largest absolute Gasteiger partial charge is 0.392 e. The summed E-state index contributed by atoms with van der Waals surface area (Å²) >= 11 is 1.81. The summed E-state index contributed by atoms with van der Waals surface area (Å²) < 4.78 is 7.09. The van der Waals surface area contributed by atoms with Gasteiger partial charge in [0.25, 0.3) is 0 Å². The van der Waals surface area contributed by atoms with Crippen molar-refractivity contribution in [2.24, 2.45) is 0 Å². The van der Waals surface area contributed by atoms with Crippen LogP contribution in [0.25, 0.3) is 10.1 Å². The van der Waals surface area contributed by atoms with Gasteiger partial charge in [0.15, 0.2) is 0 Å². The lowest BCUT2D eigenvalue weighted by atomic mass is 10.1. The van der Waals surface area contributed by atoms with Crippen molar-refractivity contribution in [2.75, 3.05) is 32.8 Å². The molecule has 5 heteroatoms. The summed E-state index contributed by atoms with van der Waals surface area (Å²) in [4.78, 5) is 2.27. The Kier molecular flexibility index (Phi) is 6.45. The SMILES string of the molecule is Cl.O[C@@H]1CCN(CCOCCc2csc3ccccc23)C1. The van der Waals surface area contributed by atoms with Crippen LogP contribution in [0.3, 0.4) is 0 Å². The summed E-state index contributed by atoms with van der Waals surface area (Å²) in [5, 5.41) is 13.1. The molecule has 3 rings (SSSR count). The molecule has 116 valence electrons. The van der Waals surface area contributed by atoms with Gasteiger partial charge in [0.1, 0.15) is 0 Å². The van der Waals surface area contributed by atoms with E-state index in [-0.39, 0.29) is 18.5 Å². The van der Waals surface area contributed by atoms with E-state index in [0.29, 0.717) is 0 Å². The maximum atomic E-state index is 9.45. The van der Waals surface area contributed by atoms with Crippen molar-refractivity contribution in [1.29, 1.82) is 0 Å². The molecule has 1 aromatic carbocycles. The van der Waals surface area contributed by atoms with Gasteiger partial charge in [0.05, 0.1) is 19.3 Å². The van der Waals surface area contributed by atoms with Crippen molar-refractivity contribution in [3.8, 4) is 0 Å². The quantitative estimate of drug-likeness (QED) is 0.828. The van der Waals surface area contributed by atoms with Gasteiger partial charge in [-0.3, -0.25) is 4.90 Å². The molecule has 1 saturated heterocycles. The molecule has 0 amide bonds. The van der Waals surface area contributed by atoms with Crippen LogP contribution < -0.4 is 0 Å². The first-order chi connectivity index (χ1) is 9.83. The smallest absolute Gasteiger partial charge is 0.0679 e. The molecule has 3 nitrogen and oxygen atoms in total. The third kappa shape index (κ3) is 4.41. The van der Waals surface area contributed by atoms with E-state index in [0.717, 1.165) is 45.7 Å². The highest BCUT2D eigenvalue weighted by atomic mass is 35.5. The number of rotatable bonds is 6. The lowest BCUT2D eigenvalue weighted by Crippen LogP contribution is -2.26. The third-order valence-corrected chi connectivity index (χ3v) is 4.89.